The van der Waals surface area contributed by atoms with Crippen molar-refractivity contribution in [3.8, 4) is 17.2 Å². The van der Waals surface area contributed by atoms with E-state index in [1.54, 1.807) is 26.4 Å². The summed E-state index contributed by atoms with van der Waals surface area (Å²) >= 11 is 0. The Morgan fingerprint density at radius 3 is 2.14 bits per heavy atom. The van der Waals surface area contributed by atoms with Crippen LogP contribution in [0.5, 0.6) is 17.2 Å². The average molecular weight is 288 g/mol. The number of aryl methyl sites for hydroxylation is 1. The maximum Gasteiger partial charge on any atom is 0.122 e. The third-order valence-corrected chi connectivity index (χ3v) is 3.48. The van der Waals surface area contributed by atoms with Gasteiger partial charge < -0.3 is 19.7 Å². The lowest BCUT2D eigenvalue weighted by Crippen LogP contribution is -2.00. The second-order valence-corrected chi connectivity index (χ2v) is 4.82. The Labute approximate surface area is 124 Å². The molecule has 0 aliphatic rings. The van der Waals surface area contributed by atoms with Gasteiger partial charge in [0.2, 0.25) is 0 Å². The molecule has 0 aliphatic carbocycles. The molecule has 0 heterocycles. The van der Waals surface area contributed by atoms with Crippen molar-refractivity contribution in [2.75, 3.05) is 14.2 Å². The molecule has 0 fully saturated rings. The van der Waals surface area contributed by atoms with E-state index in [1.807, 2.05) is 30.3 Å². The highest BCUT2D eigenvalue weighted by Crippen LogP contribution is 2.27. The van der Waals surface area contributed by atoms with E-state index in [-0.39, 0.29) is 5.75 Å². The van der Waals surface area contributed by atoms with Crippen molar-refractivity contribution in [1.82, 2.24) is 0 Å². The minimum Gasteiger partial charge on any atom is -0.508 e. The Kier molecular flexibility index (Phi) is 5.06. The first kappa shape index (κ1) is 15.2. The quantitative estimate of drug-likeness (QED) is 0.857. The predicted molar refractivity (Wildman–Crippen MR) is 80.9 cm³/mol. The summed E-state index contributed by atoms with van der Waals surface area (Å²) in [4.78, 5) is 0. The maximum atomic E-state index is 10.2. The van der Waals surface area contributed by atoms with Gasteiger partial charge in [-0.1, -0.05) is 18.2 Å². The lowest BCUT2D eigenvalue weighted by atomic mass is 10.0. The van der Waals surface area contributed by atoms with Crippen LogP contribution in [0.2, 0.25) is 0 Å². The van der Waals surface area contributed by atoms with Crippen LogP contribution in [0, 0.1) is 0 Å². The molecule has 0 aromatic heterocycles. The molecule has 2 aromatic carbocycles. The van der Waals surface area contributed by atoms with Gasteiger partial charge in [-0.25, -0.2) is 0 Å². The number of aliphatic hydroxyl groups is 1. The number of ether oxygens (including phenoxy) is 2. The molecule has 4 heteroatoms. The van der Waals surface area contributed by atoms with Gasteiger partial charge in [0.25, 0.3) is 0 Å². The van der Waals surface area contributed by atoms with Crippen molar-refractivity contribution in [2.24, 2.45) is 0 Å². The highest BCUT2D eigenvalue weighted by atomic mass is 16.5. The Morgan fingerprint density at radius 1 is 0.952 bits per heavy atom. The van der Waals surface area contributed by atoms with Gasteiger partial charge in [0, 0.05) is 6.07 Å². The van der Waals surface area contributed by atoms with Crippen molar-refractivity contribution in [3.05, 3.63) is 53.6 Å². The molecular weight excluding hydrogens is 268 g/mol. The van der Waals surface area contributed by atoms with E-state index >= 15 is 0 Å². The molecule has 2 aromatic rings. The van der Waals surface area contributed by atoms with E-state index in [1.165, 1.54) is 0 Å². The summed E-state index contributed by atoms with van der Waals surface area (Å²) in [6.07, 6.45) is 0.548. The Morgan fingerprint density at radius 2 is 1.57 bits per heavy atom. The first-order chi connectivity index (χ1) is 10.1. The Bertz CT molecular complexity index is 578. The van der Waals surface area contributed by atoms with Crippen molar-refractivity contribution < 1.29 is 19.7 Å². The fourth-order valence-electron chi connectivity index (χ4n) is 2.17. The van der Waals surface area contributed by atoms with Gasteiger partial charge in [0.05, 0.1) is 20.3 Å². The summed E-state index contributed by atoms with van der Waals surface area (Å²) in [6.45, 7) is 0. The van der Waals surface area contributed by atoms with Crippen LogP contribution >= 0.6 is 0 Å². The second-order valence-electron chi connectivity index (χ2n) is 4.82. The Balaban J connectivity index is 1.98. The number of hydrogen-bond donors (Lipinski definition) is 2. The summed E-state index contributed by atoms with van der Waals surface area (Å²) in [5.74, 6) is 1.57. The average Bonchev–Trinajstić information content (AvgIpc) is 2.53. The first-order valence-corrected chi connectivity index (χ1v) is 6.82. The second kappa shape index (κ2) is 6.99. The van der Waals surface area contributed by atoms with E-state index < -0.39 is 6.10 Å². The topological polar surface area (TPSA) is 58.9 Å². The molecule has 2 N–H and O–H groups in total. The fraction of sp³-hybridized carbons (Fsp3) is 0.294. The number of hydrogen-bond acceptors (Lipinski definition) is 4. The third-order valence-electron chi connectivity index (χ3n) is 3.48. The summed E-state index contributed by atoms with van der Waals surface area (Å²) in [7, 11) is 3.17. The molecule has 112 valence electrons. The van der Waals surface area contributed by atoms with Gasteiger partial charge in [-0.15, -0.1) is 0 Å². The highest BCUT2D eigenvalue weighted by Gasteiger charge is 2.10. The molecule has 1 atom stereocenters. The smallest absolute Gasteiger partial charge is 0.122 e. The van der Waals surface area contributed by atoms with Gasteiger partial charge in [0.1, 0.15) is 17.2 Å². The molecule has 1 unspecified atom stereocenters. The fourth-order valence-corrected chi connectivity index (χ4v) is 2.17. The largest absolute Gasteiger partial charge is 0.508 e. The van der Waals surface area contributed by atoms with E-state index in [0.29, 0.717) is 18.6 Å². The molecule has 4 nitrogen and oxygen atoms in total. The van der Waals surface area contributed by atoms with Gasteiger partial charge in [-0.2, -0.15) is 0 Å². The number of phenols is 1. The van der Waals surface area contributed by atoms with Gasteiger partial charge >= 0.3 is 0 Å². The molecule has 0 aliphatic heterocycles. The minimum atomic E-state index is -0.572. The highest BCUT2D eigenvalue weighted by molar-refractivity contribution is 5.39. The van der Waals surface area contributed by atoms with Crippen molar-refractivity contribution in [1.29, 1.82) is 0 Å². The predicted octanol–water partition coefficient (Wildman–Crippen LogP) is 3.08. The van der Waals surface area contributed by atoms with Crippen LogP contribution in [0.4, 0.5) is 0 Å². The molecule has 0 bridgehead atoms. The van der Waals surface area contributed by atoms with E-state index in [9.17, 15) is 10.2 Å². The number of phenolic OH excluding ortho intramolecular Hbond substituents is 1. The van der Waals surface area contributed by atoms with E-state index in [0.717, 1.165) is 16.9 Å². The van der Waals surface area contributed by atoms with Gasteiger partial charge in [-0.3, -0.25) is 0 Å². The van der Waals surface area contributed by atoms with Crippen LogP contribution in [0.3, 0.4) is 0 Å². The van der Waals surface area contributed by atoms with Crippen LogP contribution < -0.4 is 9.47 Å². The zero-order chi connectivity index (χ0) is 15.2. The maximum absolute atomic E-state index is 10.2. The molecule has 0 radical (unpaired) electrons. The van der Waals surface area contributed by atoms with E-state index in [4.69, 9.17) is 9.47 Å². The van der Waals surface area contributed by atoms with E-state index in [2.05, 4.69) is 0 Å². The first-order valence-electron chi connectivity index (χ1n) is 6.82. The molecule has 21 heavy (non-hydrogen) atoms. The van der Waals surface area contributed by atoms with Crippen LogP contribution in [-0.4, -0.2) is 24.4 Å². The van der Waals surface area contributed by atoms with Gasteiger partial charge in [0.15, 0.2) is 0 Å². The van der Waals surface area contributed by atoms with Crippen molar-refractivity contribution >= 4 is 0 Å². The number of aromatic hydroxyl groups is 1. The number of aliphatic hydroxyl groups excluding tert-OH is 1. The van der Waals surface area contributed by atoms with Crippen LogP contribution in [0.25, 0.3) is 0 Å². The van der Waals surface area contributed by atoms with Crippen LogP contribution in [0.15, 0.2) is 42.5 Å². The monoisotopic (exact) mass is 288 g/mol. The van der Waals surface area contributed by atoms with Crippen molar-refractivity contribution in [3.63, 3.8) is 0 Å². The van der Waals surface area contributed by atoms with Crippen LogP contribution in [0.1, 0.15) is 23.7 Å². The standard InChI is InChI=1S/C17H20O4/c1-20-14-7-3-12(4-8-14)16(18)10-6-13-5-9-15(21-2)11-17(13)19/h3-5,7-9,11,16,18-19H,6,10H2,1-2H3. The molecule has 2 rings (SSSR count). The summed E-state index contributed by atoms with van der Waals surface area (Å²) in [5.41, 5.74) is 1.63. The Hall–Kier alpha value is -2.20. The normalized spacial score (nSPS) is 12.0. The third kappa shape index (κ3) is 3.89. The molecule has 0 saturated carbocycles. The zero-order valence-electron chi connectivity index (χ0n) is 12.2. The van der Waals surface area contributed by atoms with Crippen LogP contribution in [-0.2, 0) is 6.42 Å². The molecule has 0 spiro atoms. The molecule has 0 amide bonds. The number of benzene rings is 2. The minimum absolute atomic E-state index is 0.191. The summed E-state index contributed by atoms with van der Waals surface area (Å²) < 4.78 is 10.1. The molecular formula is C17H20O4. The molecule has 0 saturated heterocycles. The van der Waals surface area contributed by atoms with Crippen molar-refractivity contribution in [2.45, 2.75) is 18.9 Å². The zero-order valence-corrected chi connectivity index (χ0v) is 12.2. The number of rotatable bonds is 6. The lowest BCUT2D eigenvalue weighted by Gasteiger charge is -2.12. The number of methoxy groups -OCH3 is 2. The summed E-state index contributed by atoms with van der Waals surface area (Å²) in [6, 6.07) is 12.5. The lowest BCUT2D eigenvalue weighted by molar-refractivity contribution is 0.167. The summed E-state index contributed by atoms with van der Waals surface area (Å²) in [5, 5.41) is 20.1. The SMILES string of the molecule is COc1ccc(C(O)CCc2ccc(OC)cc2O)cc1. The van der Waals surface area contributed by atoms with Gasteiger partial charge in [-0.05, 0) is 42.2 Å².